The number of aliphatic imine (C=N–C) groups is 1. The highest BCUT2D eigenvalue weighted by molar-refractivity contribution is 8.15. The maximum Gasteiger partial charge on any atom is 0.307 e. The molecule has 0 saturated carbocycles. The molecule has 1 saturated heterocycles. The van der Waals surface area contributed by atoms with Crippen molar-refractivity contribution < 1.29 is 14.3 Å². The molecule has 2 heterocycles. The number of methoxy groups -OCH3 is 1. The van der Waals surface area contributed by atoms with E-state index in [1.54, 1.807) is 4.90 Å². The van der Waals surface area contributed by atoms with Crippen molar-refractivity contribution in [3.8, 4) is 0 Å². The van der Waals surface area contributed by atoms with E-state index in [4.69, 9.17) is 4.74 Å². The number of ether oxygens (including phenoxy) is 1. The molecule has 4 rings (SSSR count). The van der Waals surface area contributed by atoms with E-state index in [-0.39, 0.29) is 12.3 Å². The molecule has 148 valence electrons. The number of amidine groups is 1. The second kappa shape index (κ2) is 8.53. The van der Waals surface area contributed by atoms with Gasteiger partial charge in [-0.2, -0.15) is 0 Å². The largest absolute Gasteiger partial charge is 0.469 e. The third-order valence-electron chi connectivity index (χ3n) is 4.86. The first-order chi connectivity index (χ1) is 14.2. The number of carbonyl (C=O) groups is 2. The third kappa shape index (κ3) is 4.19. The van der Waals surface area contributed by atoms with Gasteiger partial charge in [-0.15, -0.1) is 0 Å². The number of esters is 1. The number of para-hydroxylation sites is 2. The van der Waals surface area contributed by atoms with E-state index in [0.717, 1.165) is 22.2 Å². The number of nitrogens with one attached hydrogen (secondary N) is 1. The Hall–Kier alpha value is -3.06. The summed E-state index contributed by atoms with van der Waals surface area (Å²) < 4.78 is 4.75. The smallest absolute Gasteiger partial charge is 0.307 e. The topological polar surface area (TPSA) is 74.8 Å². The molecule has 1 fully saturated rings. The number of carbonyl (C=O) groups excluding carboxylic acids is 2. The zero-order chi connectivity index (χ0) is 20.2. The van der Waals surface area contributed by atoms with E-state index in [1.165, 1.54) is 18.9 Å². The van der Waals surface area contributed by atoms with Crippen LogP contribution in [0.1, 0.15) is 12.0 Å². The van der Waals surface area contributed by atoms with Crippen LogP contribution < -0.4 is 0 Å². The van der Waals surface area contributed by atoms with Crippen molar-refractivity contribution in [3.63, 3.8) is 0 Å². The van der Waals surface area contributed by atoms with Gasteiger partial charge in [0.1, 0.15) is 5.25 Å². The molecular formula is C22H21N3O3S. The van der Waals surface area contributed by atoms with Gasteiger partial charge in [0, 0.05) is 23.6 Å². The summed E-state index contributed by atoms with van der Waals surface area (Å²) in [4.78, 5) is 34.3. The molecule has 1 aliphatic heterocycles. The average Bonchev–Trinajstić information content (AvgIpc) is 3.28. The van der Waals surface area contributed by atoms with E-state index >= 15 is 0 Å². The molecule has 1 N–H and O–H groups in total. The highest BCUT2D eigenvalue weighted by atomic mass is 32.2. The molecule has 1 aromatic heterocycles. The molecule has 2 aromatic carbocycles. The van der Waals surface area contributed by atoms with Crippen LogP contribution in [0.4, 0.5) is 5.69 Å². The fourth-order valence-electron chi connectivity index (χ4n) is 3.35. The molecule has 7 heteroatoms. The second-order valence-corrected chi connectivity index (χ2v) is 7.89. The lowest BCUT2D eigenvalue weighted by molar-refractivity contribution is -0.142. The molecule has 0 unspecified atom stereocenters. The number of aromatic amines is 1. The number of aromatic nitrogens is 1. The minimum Gasteiger partial charge on any atom is -0.469 e. The molecule has 0 spiro atoms. The summed E-state index contributed by atoms with van der Waals surface area (Å²) >= 11 is 1.32. The molecule has 0 radical (unpaired) electrons. The third-order valence-corrected chi connectivity index (χ3v) is 6.04. The predicted molar refractivity (Wildman–Crippen MR) is 115 cm³/mol. The van der Waals surface area contributed by atoms with E-state index in [1.807, 2.05) is 54.7 Å². The summed E-state index contributed by atoms with van der Waals surface area (Å²) in [6.07, 6.45) is 2.71. The van der Waals surface area contributed by atoms with Crippen molar-refractivity contribution in [3.05, 3.63) is 66.4 Å². The number of amides is 1. The van der Waals surface area contributed by atoms with Crippen molar-refractivity contribution in [1.82, 2.24) is 9.88 Å². The van der Waals surface area contributed by atoms with Crippen LogP contribution in [0, 0.1) is 0 Å². The van der Waals surface area contributed by atoms with Crippen LogP contribution in [0.25, 0.3) is 10.9 Å². The summed E-state index contributed by atoms with van der Waals surface area (Å²) in [7, 11) is 1.33. The number of H-pyrrole nitrogens is 1. The zero-order valence-corrected chi connectivity index (χ0v) is 16.8. The predicted octanol–water partition coefficient (Wildman–Crippen LogP) is 3.91. The number of rotatable bonds is 6. The van der Waals surface area contributed by atoms with Crippen LogP contribution in [-0.2, 0) is 20.7 Å². The molecule has 3 aromatic rings. The number of thioether (sulfide) groups is 1. The van der Waals surface area contributed by atoms with Crippen molar-refractivity contribution in [2.24, 2.45) is 4.99 Å². The van der Waals surface area contributed by atoms with Crippen LogP contribution in [0.3, 0.4) is 0 Å². The summed E-state index contributed by atoms with van der Waals surface area (Å²) in [5.41, 5.74) is 3.00. The van der Waals surface area contributed by atoms with Crippen LogP contribution in [0.5, 0.6) is 0 Å². The van der Waals surface area contributed by atoms with Crippen molar-refractivity contribution in [1.29, 1.82) is 0 Å². The lowest BCUT2D eigenvalue weighted by atomic mass is 10.1. The van der Waals surface area contributed by atoms with E-state index < -0.39 is 11.2 Å². The monoisotopic (exact) mass is 407 g/mol. The van der Waals surface area contributed by atoms with Crippen molar-refractivity contribution >= 4 is 45.4 Å². The summed E-state index contributed by atoms with van der Waals surface area (Å²) in [5.74, 6) is -0.497. The van der Waals surface area contributed by atoms with Gasteiger partial charge in [0.15, 0.2) is 5.17 Å². The Labute approximate surface area is 173 Å². The van der Waals surface area contributed by atoms with Crippen molar-refractivity contribution in [2.45, 2.75) is 18.1 Å². The van der Waals surface area contributed by atoms with Crippen LogP contribution >= 0.6 is 11.8 Å². The number of fused-ring (bicyclic) bond motifs is 1. The molecule has 1 amide bonds. The Morgan fingerprint density at radius 1 is 1.17 bits per heavy atom. The minimum absolute atomic E-state index is 0.0391. The van der Waals surface area contributed by atoms with Gasteiger partial charge >= 0.3 is 5.97 Å². The Kier molecular flexibility index (Phi) is 5.67. The first kappa shape index (κ1) is 19.3. The van der Waals surface area contributed by atoms with Gasteiger partial charge in [-0.05, 0) is 30.2 Å². The SMILES string of the molecule is COC(=O)C[C@@H]1SC(=Nc2ccccc2)N(CCc2c[nH]c3ccccc23)C1=O. The first-order valence-electron chi connectivity index (χ1n) is 9.39. The van der Waals surface area contributed by atoms with E-state index in [0.29, 0.717) is 18.1 Å². The summed E-state index contributed by atoms with van der Waals surface area (Å²) in [5, 5.41) is 1.27. The number of nitrogens with zero attached hydrogens (tertiary/aromatic N) is 2. The highest BCUT2D eigenvalue weighted by Gasteiger charge is 2.39. The molecule has 29 heavy (non-hydrogen) atoms. The van der Waals surface area contributed by atoms with Crippen LogP contribution in [0.2, 0.25) is 0 Å². The fraction of sp³-hybridized carbons (Fsp3) is 0.227. The maximum atomic E-state index is 13.0. The molecule has 1 atom stereocenters. The van der Waals surface area contributed by atoms with E-state index in [2.05, 4.69) is 16.0 Å². The number of hydrogen-bond acceptors (Lipinski definition) is 5. The van der Waals surface area contributed by atoms with Gasteiger partial charge in [0.2, 0.25) is 5.91 Å². The maximum absolute atomic E-state index is 13.0. The lowest BCUT2D eigenvalue weighted by Crippen LogP contribution is -2.34. The molecule has 6 nitrogen and oxygen atoms in total. The quantitative estimate of drug-likeness (QED) is 0.629. The van der Waals surface area contributed by atoms with Crippen LogP contribution in [0.15, 0.2) is 65.8 Å². The lowest BCUT2D eigenvalue weighted by Gasteiger charge is -2.16. The van der Waals surface area contributed by atoms with Crippen LogP contribution in [-0.4, -0.2) is 45.8 Å². The molecule has 0 bridgehead atoms. The number of benzene rings is 2. The van der Waals surface area contributed by atoms with Gasteiger partial charge in [0.25, 0.3) is 0 Å². The average molecular weight is 407 g/mol. The Bertz CT molecular complexity index is 1060. The van der Waals surface area contributed by atoms with Gasteiger partial charge < -0.3 is 9.72 Å². The second-order valence-electron chi connectivity index (χ2n) is 6.72. The minimum atomic E-state index is -0.507. The number of hydrogen-bond donors (Lipinski definition) is 1. The molecule has 0 aliphatic carbocycles. The normalized spacial score (nSPS) is 18.0. The zero-order valence-electron chi connectivity index (χ0n) is 16.0. The van der Waals surface area contributed by atoms with Gasteiger partial charge in [0.05, 0.1) is 19.2 Å². The Morgan fingerprint density at radius 2 is 1.93 bits per heavy atom. The van der Waals surface area contributed by atoms with Gasteiger partial charge in [-0.1, -0.05) is 48.2 Å². The standard InChI is InChI=1S/C22H21N3O3S/c1-28-20(26)13-19-21(27)25(22(29-19)24-16-7-3-2-4-8-16)12-11-15-14-23-18-10-6-5-9-17(15)18/h2-10,14,19,23H,11-13H2,1H3/t19-/m0/s1. The summed E-state index contributed by atoms with van der Waals surface area (Å²) in [6.45, 7) is 0.497. The highest BCUT2D eigenvalue weighted by Crippen LogP contribution is 2.32. The van der Waals surface area contributed by atoms with Crippen molar-refractivity contribution in [2.75, 3.05) is 13.7 Å². The summed E-state index contributed by atoms with van der Waals surface area (Å²) in [6, 6.07) is 17.6. The van der Waals surface area contributed by atoms with Gasteiger partial charge in [-0.25, -0.2) is 4.99 Å². The molecular weight excluding hydrogens is 386 g/mol. The Balaban J connectivity index is 1.57. The fourth-order valence-corrected chi connectivity index (χ4v) is 4.52. The van der Waals surface area contributed by atoms with Gasteiger partial charge in [-0.3, -0.25) is 14.5 Å². The molecule has 1 aliphatic rings. The first-order valence-corrected chi connectivity index (χ1v) is 10.3. The Morgan fingerprint density at radius 3 is 2.72 bits per heavy atom. The van der Waals surface area contributed by atoms with E-state index in [9.17, 15) is 9.59 Å².